The molecule has 0 saturated heterocycles. The number of unbranched alkanes of at least 4 members (excludes halogenated alkanes) is 3. The van der Waals surface area contributed by atoms with E-state index in [0.29, 0.717) is 13.0 Å². The molecular formula is C18H26N4O. The second-order valence-electron chi connectivity index (χ2n) is 5.70. The van der Waals surface area contributed by atoms with Crippen LogP contribution in [-0.4, -0.2) is 22.2 Å². The molecule has 0 aliphatic carbocycles. The highest BCUT2D eigenvalue weighted by Gasteiger charge is 2.05. The first-order valence-corrected chi connectivity index (χ1v) is 8.30. The number of amides is 1. The molecule has 0 aliphatic heterocycles. The van der Waals surface area contributed by atoms with Gasteiger partial charge in [-0.3, -0.25) is 9.48 Å². The molecule has 2 rings (SSSR count). The van der Waals surface area contributed by atoms with Gasteiger partial charge >= 0.3 is 0 Å². The Morgan fingerprint density at radius 3 is 2.61 bits per heavy atom. The minimum absolute atomic E-state index is 0.117. The molecule has 0 unspecified atom stereocenters. The molecule has 5 heteroatoms. The molecule has 5 nitrogen and oxygen atoms in total. The van der Waals surface area contributed by atoms with Crippen LogP contribution < -0.4 is 11.1 Å². The van der Waals surface area contributed by atoms with Crippen molar-refractivity contribution in [2.24, 2.45) is 5.73 Å². The molecule has 0 spiro atoms. The zero-order valence-electron chi connectivity index (χ0n) is 13.6. The number of carbonyl (C=O) groups is 1. The summed E-state index contributed by atoms with van der Waals surface area (Å²) < 4.78 is 1.89. The average Bonchev–Trinajstić information content (AvgIpc) is 3.07. The summed E-state index contributed by atoms with van der Waals surface area (Å²) in [6, 6.07) is 10.1. The lowest BCUT2D eigenvalue weighted by molar-refractivity contribution is -0.121. The largest absolute Gasteiger partial charge is 0.352 e. The summed E-state index contributed by atoms with van der Waals surface area (Å²) in [6.45, 7) is 2.02. The van der Waals surface area contributed by atoms with Crippen molar-refractivity contribution in [2.45, 2.75) is 45.2 Å². The van der Waals surface area contributed by atoms with Crippen LogP contribution >= 0.6 is 0 Å². The smallest absolute Gasteiger partial charge is 0.220 e. The predicted molar refractivity (Wildman–Crippen MR) is 91.8 cm³/mol. The van der Waals surface area contributed by atoms with Crippen LogP contribution in [0, 0.1) is 0 Å². The Kier molecular flexibility index (Phi) is 7.33. The van der Waals surface area contributed by atoms with Gasteiger partial charge in [-0.2, -0.15) is 5.10 Å². The standard InChI is InChI=1S/C18H26N4O/c19-11-6-2-1-3-10-18(23)20-14-16-8-4-5-9-17(16)15-22-13-7-12-21-22/h4-5,7-9,12-13H,1-3,6,10-11,14-15,19H2,(H,20,23). The van der Waals surface area contributed by atoms with Crippen molar-refractivity contribution >= 4 is 5.91 Å². The van der Waals surface area contributed by atoms with Crippen molar-refractivity contribution in [3.63, 3.8) is 0 Å². The molecule has 1 aromatic carbocycles. The van der Waals surface area contributed by atoms with Crippen molar-refractivity contribution in [1.82, 2.24) is 15.1 Å². The fourth-order valence-electron chi connectivity index (χ4n) is 2.52. The van der Waals surface area contributed by atoms with Gasteiger partial charge in [-0.1, -0.05) is 37.1 Å². The highest BCUT2D eigenvalue weighted by molar-refractivity contribution is 5.75. The molecule has 0 fully saturated rings. The average molecular weight is 314 g/mol. The van der Waals surface area contributed by atoms with E-state index < -0.39 is 0 Å². The van der Waals surface area contributed by atoms with Gasteiger partial charge in [0.05, 0.1) is 6.54 Å². The summed E-state index contributed by atoms with van der Waals surface area (Å²) in [4.78, 5) is 11.9. The van der Waals surface area contributed by atoms with E-state index in [-0.39, 0.29) is 5.91 Å². The first kappa shape index (κ1) is 17.2. The molecule has 2 aromatic rings. The molecule has 23 heavy (non-hydrogen) atoms. The van der Waals surface area contributed by atoms with Crippen molar-refractivity contribution in [3.8, 4) is 0 Å². The number of nitrogens with one attached hydrogen (secondary N) is 1. The zero-order valence-corrected chi connectivity index (χ0v) is 13.6. The molecule has 3 N–H and O–H groups in total. The van der Waals surface area contributed by atoms with Crippen LogP contribution in [0.4, 0.5) is 0 Å². The number of aromatic nitrogens is 2. The number of nitrogens with two attached hydrogens (primary N) is 1. The van der Waals surface area contributed by atoms with Crippen molar-refractivity contribution < 1.29 is 4.79 Å². The predicted octanol–water partition coefficient (Wildman–Crippen LogP) is 2.46. The number of rotatable bonds is 10. The van der Waals surface area contributed by atoms with E-state index in [0.717, 1.165) is 44.3 Å². The van der Waals surface area contributed by atoms with Crippen molar-refractivity contribution in [1.29, 1.82) is 0 Å². The fraction of sp³-hybridized carbons (Fsp3) is 0.444. The quantitative estimate of drug-likeness (QED) is 0.662. The lowest BCUT2D eigenvalue weighted by atomic mass is 10.1. The molecule has 0 aliphatic rings. The van der Waals surface area contributed by atoms with Gasteiger partial charge in [0.2, 0.25) is 5.91 Å². The number of hydrogen-bond donors (Lipinski definition) is 2. The van der Waals surface area contributed by atoms with Gasteiger partial charge < -0.3 is 11.1 Å². The van der Waals surface area contributed by atoms with E-state index in [1.165, 1.54) is 5.56 Å². The molecule has 1 aromatic heterocycles. The zero-order chi connectivity index (χ0) is 16.3. The summed E-state index contributed by atoms with van der Waals surface area (Å²) in [7, 11) is 0. The molecule has 1 heterocycles. The Bertz CT molecular complexity index is 580. The normalized spacial score (nSPS) is 10.7. The van der Waals surface area contributed by atoms with Gasteiger partial charge in [0, 0.05) is 25.4 Å². The second-order valence-corrected chi connectivity index (χ2v) is 5.70. The molecule has 0 atom stereocenters. The van der Waals surface area contributed by atoms with Crippen LogP contribution in [0.3, 0.4) is 0 Å². The number of hydrogen-bond acceptors (Lipinski definition) is 3. The summed E-state index contributed by atoms with van der Waals surface area (Å²) in [6.07, 6.45) is 8.46. The van der Waals surface area contributed by atoms with Crippen LogP contribution in [0.5, 0.6) is 0 Å². The first-order valence-electron chi connectivity index (χ1n) is 8.30. The van der Waals surface area contributed by atoms with Crippen LogP contribution in [-0.2, 0) is 17.9 Å². The maximum absolute atomic E-state index is 11.9. The maximum atomic E-state index is 11.9. The Morgan fingerprint density at radius 2 is 1.87 bits per heavy atom. The van der Waals surface area contributed by atoms with Gasteiger partial charge in [-0.05, 0) is 36.6 Å². The summed E-state index contributed by atoms with van der Waals surface area (Å²) >= 11 is 0. The van der Waals surface area contributed by atoms with E-state index in [9.17, 15) is 4.79 Å². The molecule has 0 radical (unpaired) electrons. The van der Waals surface area contributed by atoms with E-state index >= 15 is 0 Å². The van der Waals surface area contributed by atoms with Crippen molar-refractivity contribution in [2.75, 3.05) is 6.54 Å². The lowest BCUT2D eigenvalue weighted by Crippen LogP contribution is -2.23. The molecule has 0 saturated carbocycles. The number of benzene rings is 1. The van der Waals surface area contributed by atoms with Gasteiger partial charge in [0.1, 0.15) is 0 Å². The Balaban J connectivity index is 1.77. The Labute approximate surface area is 137 Å². The van der Waals surface area contributed by atoms with Crippen LogP contribution in [0.15, 0.2) is 42.7 Å². The van der Waals surface area contributed by atoms with Crippen LogP contribution in [0.25, 0.3) is 0 Å². The second kappa shape index (κ2) is 9.79. The maximum Gasteiger partial charge on any atom is 0.220 e. The Morgan fingerprint density at radius 1 is 1.09 bits per heavy atom. The Hall–Kier alpha value is -2.14. The van der Waals surface area contributed by atoms with E-state index in [4.69, 9.17) is 5.73 Å². The SMILES string of the molecule is NCCCCCCC(=O)NCc1ccccc1Cn1cccn1. The summed E-state index contributed by atoms with van der Waals surface area (Å²) in [5, 5.41) is 7.25. The fourth-order valence-corrected chi connectivity index (χ4v) is 2.52. The topological polar surface area (TPSA) is 72.9 Å². The third-order valence-corrected chi connectivity index (χ3v) is 3.84. The van der Waals surface area contributed by atoms with Gasteiger partial charge in [-0.15, -0.1) is 0 Å². The van der Waals surface area contributed by atoms with E-state index in [2.05, 4.69) is 22.5 Å². The first-order chi connectivity index (χ1) is 11.3. The monoisotopic (exact) mass is 314 g/mol. The third-order valence-electron chi connectivity index (χ3n) is 3.84. The molecule has 1 amide bonds. The van der Waals surface area contributed by atoms with Gasteiger partial charge in [0.25, 0.3) is 0 Å². The highest BCUT2D eigenvalue weighted by atomic mass is 16.1. The summed E-state index contributed by atoms with van der Waals surface area (Å²) in [5.41, 5.74) is 7.78. The van der Waals surface area contributed by atoms with Gasteiger partial charge in [0.15, 0.2) is 0 Å². The van der Waals surface area contributed by atoms with Crippen molar-refractivity contribution in [3.05, 3.63) is 53.9 Å². The van der Waals surface area contributed by atoms with Crippen LogP contribution in [0.1, 0.15) is 43.2 Å². The highest BCUT2D eigenvalue weighted by Crippen LogP contribution is 2.10. The number of nitrogens with zero attached hydrogens (tertiary/aromatic N) is 2. The molecular weight excluding hydrogens is 288 g/mol. The van der Waals surface area contributed by atoms with E-state index in [1.54, 1.807) is 6.20 Å². The third kappa shape index (κ3) is 6.24. The minimum Gasteiger partial charge on any atom is -0.352 e. The van der Waals surface area contributed by atoms with E-state index in [1.807, 2.05) is 29.1 Å². The van der Waals surface area contributed by atoms with Crippen LogP contribution in [0.2, 0.25) is 0 Å². The lowest BCUT2D eigenvalue weighted by Gasteiger charge is -2.11. The van der Waals surface area contributed by atoms with Gasteiger partial charge in [-0.25, -0.2) is 0 Å². The molecule has 0 bridgehead atoms. The minimum atomic E-state index is 0.117. The number of carbonyl (C=O) groups excluding carboxylic acids is 1. The summed E-state index contributed by atoms with van der Waals surface area (Å²) in [5.74, 6) is 0.117. The molecule has 124 valence electrons.